The first kappa shape index (κ1) is 34.7. The van der Waals surface area contributed by atoms with Gasteiger partial charge in [-0.25, -0.2) is 4.79 Å². The molecule has 0 radical (unpaired) electrons. The third-order valence-corrected chi connectivity index (χ3v) is 10.4. The number of benzene rings is 2. The Morgan fingerprint density at radius 1 is 1.00 bits per heavy atom. The Hall–Kier alpha value is -3.61. The number of aromatic nitrogens is 1. The molecule has 3 amide bonds. The van der Waals surface area contributed by atoms with Crippen LogP contribution < -0.4 is 51.9 Å². The van der Waals surface area contributed by atoms with Crippen LogP contribution in [0.5, 0.6) is 23.0 Å². The van der Waals surface area contributed by atoms with Crippen LogP contribution in [0.3, 0.4) is 0 Å². The number of aryl methyl sites for hydroxylation is 2. The Morgan fingerprint density at radius 2 is 1.81 bits per heavy atom. The molecule has 47 heavy (non-hydrogen) atoms. The Bertz CT molecular complexity index is 1590. The molecule has 2 saturated heterocycles. The average molecular weight is 687 g/mol. The first-order valence-electron chi connectivity index (χ1n) is 15.9. The Kier molecular flexibility index (Phi) is 11.8. The summed E-state index contributed by atoms with van der Waals surface area (Å²) < 4.78 is 31.0. The van der Waals surface area contributed by atoms with E-state index >= 15 is 0 Å². The highest BCUT2D eigenvalue weighted by Gasteiger charge is 2.42. The lowest BCUT2D eigenvalue weighted by molar-refractivity contribution is -0.686. The second-order valence-electron chi connectivity index (χ2n) is 11.7. The van der Waals surface area contributed by atoms with E-state index in [0.717, 1.165) is 65.8 Å². The van der Waals surface area contributed by atoms with E-state index in [1.807, 2.05) is 30.0 Å². The molecule has 0 aliphatic carbocycles. The molecule has 3 aliphatic heterocycles. The molecule has 1 aromatic heterocycles. The number of nitrogens with one attached hydrogen (secondary N) is 3. The number of hydrogen-bond donors (Lipinski definition) is 3. The SMILES string of the molecule is COc1cc2c(cc1OC)-c1cc3ccc(OC)c(OCCOCCNC(=O)CCCC[C@@H]4SC[C@@H]5NC(=O)N[C@@H]54)c3c[n+]1CC2.[Cl-]. The lowest BCUT2D eigenvalue weighted by Gasteiger charge is -2.19. The third kappa shape index (κ3) is 7.76. The number of urea groups is 1. The van der Waals surface area contributed by atoms with Crippen molar-refractivity contribution < 1.29 is 50.2 Å². The number of rotatable bonds is 15. The van der Waals surface area contributed by atoms with E-state index in [0.29, 0.717) is 55.3 Å². The van der Waals surface area contributed by atoms with Gasteiger partial charge in [0.25, 0.3) is 0 Å². The van der Waals surface area contributed by atoms with E-state index in [1.54, 1.807) is 21.3 Å². The van der Waals surface area contributed by atoms with E-state index in [4.69, 9.17) is 23.7 Å². The number of methoxy groups -OCH3 is 3. The molecule has 0 bridgehead atoms. The zero-order valence-electron chi connectivity index (χ0n) is 27.1. The van der Waals surface area contributed by atoms with Crippen molar-refractivity contribution in [2.75, 3.05) is 53.4 Å². The van der Waals surface area contributed by atoms with Crippen LogP contribution in [0, 0.1) is 0 Å². The lowest BCUT2D eigenvalue weighted by atomic mass is 9.95. The molecule has 3 atom stereocenters. The number of nitrogens with zero attached hydrogens (tertiary/aromatic N) is 1. The molecule has 254 valence electrons. The fourth-order valence-corrected chi connectivity index (χ4v) is 8.12. The van der Waals surface area contributed by atoms with Crippen LogP contribution in [-0.4, -0.2) is 82.7 Å². The van der Waals surface area contributed by atoms with Crippen LogP contribution in [0.4, 0.5) is 4.79 Å². The van der Waals surface area contributed by atoms with Crippen molar-refractivity contribution in [3.8, 4) is 34.3 Å². The van der Waals surface area contributed by atoms with Crippen molar-refractivity contribution >= 4 is 34.5 Å². The molecule has 4 heterocycles. The second kappa shape index (κ2) is 16.0. The van der Waals surface area contributed by atoms with Gasteiger partial charge in [-0.05, 0) is 48.1 Å². The number of carbonyl (C=O) groups excluding carboxylic acids is 2. The van der Waals surface area contributed by atoms with Crippen LogP contribution >= 0.6 is 11.8 Å². The van der Waals surface area contributed by atoms with Crippen molar-refractivity contribution in [3.63, 3.8) is 0 Å². The number of carbonyl (C=O) groups is 2. The van der Waals surface area contributed by atoms with E-state index < -0.39 is 0 Å². The fourth-order valence-electron chi connectivity index (χ4n) is 6.57. The summed E-state index contributed by atoms with van der Waals surface area (Å²) in [6, 6.07) is 10.7. The summed E-state index contributed by atoms with van der Waals surface area (Å²) in [5.74, 6) is 3.79. The molecular formula is C34H43ClN4O7S. The van der Waals surface area contributed by atoms with Crippen molar-refractivity contribution in [3.05, 3.63) is 42.1 Å². The molecule has 0 unspecified atom stereocenters. The minimum atomic E-state index is -0.0603. The zero-order valence-corrected chi connectivity index (χ0v) is 28.6. The number of halogens is 1. The van der Waals surface area contributed by atoms with Gasteiger partial charge in [-0.15, -0.1) is 0 Å². The molecule has 2 fully saturated rings. The van der Waals surface area contributed by atoms with Gasteiger partial charge in [0.05, 0.1) is 57.6 Å². The van der Waals surface area contributed by atoms with E-state index in [-0.39, 0.29) is 36.4 Å². The van der Waals surface area contributed by atoms with E-state index in [9.17, 15) is 9.59 Å². The van der Waals surface area contributed by atoms with E-state index in [1.165, 1.54) is 5.56 Å². The molecule has 13 heteroatoms. The molecule has 3 aliphatic rings. The maximum absolute atomic E-state index is 12.3. The Labute approximate surface area is 285 Å². The van der Waals surface area contributed by atoms with Crippen molar-refractivity contribution in [2.24, 2.45) is 0 Å². The van der Waals surface area contributed by atoms with Gasteiger partial charge in [-0.1, -0.05) is 6.42 Å². The topological polar surface area (TPSA) is 120 Å². The first-order valence-corrected chi connectivity index (χ1v) is 17.0. The molecule has 3 aromatic rings. The minimum Gasteiger partial charge on any atom is -1.00 e. The van der Waals surface area contributed by atoms with Gasteiger partial charge in [-0.3, -0.25) is 4.79 Å². The second-order valence-corrected chi connectivity index (χ2v) is 13.0. The predicted molar refractivity (Wildman–Crippen MR) is 176 cm³/mol. The van der Waals surface area contributed by atoms with Gasteiger partial charge in [0, 0.05) is 36.5 Å². The van der Waals surface area contributed by atoms with Gasteiger partial charge >= 0.3 is 6.03 Å². The minimum absolute atomic E-state index is 0. The van der Waals surface area contributed by atoms with Gasteiger partial charge in [-0.2, -0.15) is 16.3 Å². The Balaban J connectivity index is 0.00000433. The normalized spacial score (nSPS) is 19.0. The summed E-state index contributed by atoms with van der Waals surface area (Å²) in [4.78, 5) is 23.8. The molecular weight excluding hydrogens is 644 g/mol. The molecule has 3 N–H and O–H groups in total. The maximum Gasteiger partial charge on any atom is 0.315 e. The summed E-state index contributed by atoms with van der Waals surface area (Å²) in [6.45, 7) is 2.43. The van der Waals surface area contributed by atoms with Crippen LogP contribution in [0.1, 0.15) is 31.2 Å². The highest BCUT2D eigenvalue weighted by atomic mass is 35.5. The summed E-state index contributed by atoms with van der Waals surface area (Å²) in [5, 5.41) is 11.4. The molecule has 0 saturated carbocycles. The van der Waals surface area contributed by atoms with E-state index in [2.05, 4.69) is 38.8 Å². The third-order valence-electron chi connectivity index (χ3n) is 8.93. The van der Waals surface area contributed by atoms with Gasteiger partial charge < -0.3 is 52.0 Å². The summed E-state index contributed by atoms with van der Waals surface area (Å²) >= 11 is 1.90. The summed E-state index contributed by atoms with van der Waals surface area (Å²) in [7, 11) is 4.96. The molecule has 0 spiro atoms. The van der Waals surface area contributed by atoms with Gasteiger partial charge in [0.1, 0.15) is 6.61 Å². The van der Waals surface area contributed by atoms with Crippen LogP contribution in [0.15, 0.2) is 36.5 Å². The zero-order chi connectivity index (χ0) is 32.0. The van der Waals surface area contributed by atoms with Crippen molar-refractivity contribution in [2.45, 2.75) is 56.0 Å². The molecule has 11 nitrogen and oxygen atoms in total. The first-order chi connectivity index (χ1) is 22.5. The van der Waals surface area contributed by atoms with Crippen LogP contribution in [0.2, 0.25) is 0 Å². The lowest BCUT2D eigenvalue weighted by Crippen LogP contribution is -3.00. The maximum atomic E-state index is 12.3. The summed E-state index contributed by atoms with van der Waals surface area (Å²) in [6.07, 6.45) is 6.31. The smallest absolute Gasteiger partial charge is 0.315 e. The Morgan fingerprint density at radius 3 is 2.62 bits per heavy atom. The number of thioether (sulfide) groups is 1. The number of hydrogen-bond acceptors (Lipinski definition) is 8. The van der Waals surface area contributed by atoms with Crippen molar-refractivity contribution in [1.29, 1.82) is 0 Å². The predicted octanol–water partition coefficient (Wildman–Crippen LogP) is 0.618. The quantitative estimate of drug-likeness (QED) is 0.121. The molecule has 2 aromatic carbocycles. The standard InChI is InChI=1S/C34H42N4O7S.ClH/c1-41-27-9-8-21-16-26-23-18-29(43-3)28(42-2)17-22(23)10-12-38(26)19-24(21)33(27)45-15-14-44-13-11-35-31(39)7-5-4-6-30-32-25(20-46-30)36-34(40)37-32;/h8-9,16-19,25,30,32H,4-7,10-15,20H2,1-3H3,(H2-,35,36,37,39,40);1H/t25-,30-,32-;/m0./s1. The average Bonchev–Trinajstić information content (AvgIpc) is 3.63. The molecule has 6 rings (SSSR count). The van der Waals surface area contributed by atoms with Crippen molar-refractivity contribution in [1.82, 2.24) is 16.0 Å². The number of amides is 3. The summed E-state index contributed by atoms with van der Waals surface area (Å²) in [5.41, 5.74) is 3.47. The highest BCUT2D eigenvalue weighted by molar-refractivity contribution is 8.00. The largest absolute Gasteiger partial charge is 1.00 e. The van der Waals surface area contributed by atoms with Crippen LogP contribution in [-0.2, 0) is 22.5 Å². The fraction of sp³-hybridized carbons (Fsp3) is 0.500. The van der Waals surface area contributed by atoms with Gasteiger partial charge in [0.15, 0.2) is 35.7 Å². The monoisotopic (exact) mass is 686 g/mol. The highest BCUT2D eigenvalue weighted by Crippen LogP contribution is 2.40. The number of pyridine rings is 1. The van der Waals surface area contributed by atoms with Crippen LogP contribution in [0.25, 0.3) is 22.0 Å². The van der Waals surface area contributed by atoms with Gasteiger partial charge in [0.2, 0.25) is 11.6 Å². The number of ether oxygens (including phenoxy) is 5. The number of unbranched alkanes of at least 4 members (excludes halogenated alkanes) is 1. The number of fused-ring (bicyclic) bond motifs is 5.